The molecule has 0 unspecified atom stereocenters. The summed E-state index contributed by atoms with van der Waals surface area (Å²) in [4.78, 5) is 12.2. The summed E-state index contributed by atoms with van der Waals surface area (Å²) in [5, 5.41) is 3.00. The Labute approximate surface area is 155 Å². The average Bonchev–Trinajstić information content (AvgIpc) is 2.69. The normalized spacial score (nSPS) is 11.5. The molecule has 0 aliphatic carbocycles. The first kappa shape index (κ1) is 19.6. The smallest absolute Gasteiger partial charge is 0.220 e. The summed E-state index contributed by atoms with van der Waals surface area (Å²) in [6.07, 6.45) is 1.00. The standard InChI is InChI=1S/C21H27NO4/c1-15(17-8-6-5-7-9-17)14-22-20(23)11-10-16-12-18(24-2)21(26-4)19(13-16)25-3/h5-9,12-13,15H,10-11,14H2,1-4H3,(H,22,23)/t15-/m0/s1. The van der Waals surface area contributed by atoms with Gasteiger partial charge in [-0.2, -0.15) is 0 Å². The van der Waals surface area contributed by atoms with E-state index in [4.69, 9.17) is 14.2 Å². The highest BCUT2D eigenvalue weighted by molar-refractivity contribution is 5.76. The molecule has 0 aromatic heterocycles. The number of ether oxygens (including phenoxy) is 3. The molecule has 26 heavy (non-hydrogen) atoms. The molecule has 0 aliphatic rings. The summed E-state index contributed by atoms with van der Waals surface area (Å²) in [6, 6.07) is 13.9. The number of aryl methyl sites for hydroxylation is 1. The topological polar surface area (TPSA) is 56.8 Å². The van der Waals surface area contributed by atoms with Crippen LogP contribution in [-0.4, -0.2) is 33.8 Å². The van der Waals surface area contributed by atoms with E-state index in [0.29, 0.717) is 36.6 Å². The monoisotopic (exact) mass is 357 g/mol. The Hall–Kier alpha value is -2.69. The maximum atomic E-state index is 12.2. The Kier molecular flexibility index (Phi) is 7.33. The van der Waals surface area contributed by atoms with E-state index < -0.39 is 0 Å². The molecule has 5 heteroatoms. The van der Waals surface area contributed by atoms with Gasteiger partial charge in [-0.15, -0.1) is 0 Å². The largest absolute Gasteiger partial charge is 0.493 e. The summed E-state index contributed by atoms with van der Waals surface area (Å²) >= 11 is 0. The van der Waals surface area contributed by atoms with Gasteiger partial charge in [-0.25, -0.2) is 0 Å². The van der Waals surface area contributed by atoms with Crippen molar-refractivity contribution in [2.75, 3.05) is 27.9 Å². The predicted octanol–water partition coefficient (Wildman–Crippen LogP) is 3.56. The first-order valence-corrected chi connectivity index (χ1v) is 8.69. The summed E-state index contributed by atoms with van der Waals surface area (Å²) in [5.74, 6) is 2.06. The molecule has 2 rings (SSSR count). The average molecular weight is 357 g/mol. The molecule has 2 aromatic rings. The van der Waals surface area contributed by atoms with E-state index >= 15 is 0 Å². The first-order valence-electron chi connectivity index (χ1n) is 8.69. The minimum absolute atomic E-state index is 0.0292. The number of hydrogen-bond donors (Lipinski definition) is 1. The zero-order valence-corrected chi connectivity index (χ0v) is 15.9. The molecule has 1 N–H and O–H groups in total. The second-order valence-electron chi connectivity index (χ2n) is 6.15. The van der Waals surface area contributed by atoms with Crippen molar-refractivity contribution >= 4 is 5.91 Å². The van der Waals surface area contributed by atoms with Crippen LogP contribution in [0.2, 0.25) is 0 Å². The zero-order valence-electron chi connectivity index (χ0n) is 15.9. The van der Waals surface area contributed by atoms with Crippen LogP contribution in [0.15, 0.2) is 42.5 Å². The summed E-state index contributed by atoms with van der Waals surface area (Å²) in [6.45, 7) is 2.73. The molecule has 0 aliphatic heterocycles. The van der Waals surface area contributed by atoms with Crippen LogP contribution in [-0.2, 0) is 11.2 Å². The number of carbonyl (C=O) groups is 1. The molecule has 1 atom stereocenters. The Morgan fingerprint density at radius 3 is 2.15 bits per heavy atom. The number of methoxy groups -OCH3 is 3. The lowest BCUT2D eigenvalue weighted by Crippen LogP contribution is -2.27. The third-order valence-electron chi connectivity index (χ3n) is 4.34. The van der Waals surface area contributed by atoms with Gasteiger partial charge in [0.05, 0.1) is 21.3 Å². The predicted molar refractivity (Wildman–Crippen MR) is 102 cm³/mol. The Morgan fingerprint density at radius 2 is 1.62 bits per heavy atom. The van der Waals surface area contributed by atoms with Crippen molar-refractivity contribution in [2.45, 2.75) is 25.7 Å². The van der Waals surface area contributed by atoms with Crippen LogP contribution in [0.25, 0.3) is 0 Å². The molecule has 5 nitrogen and oxygen atoms in total. The number of amides is 1. The van der Waals surface area contributed by atoms with Gasteiger partial charge < -0.3 is 19.5 Å². The molecular weight excluding hydrogens is 330 g/mol. The van der Waals surface area contributed by atoms with E-state index in [-0.39, 0.29) is 11.8 Å². The highest BCUT2D eigenvalue weighted by Crippen LogP contribution is 2.38. The third kappa shape index (κ3) is 5.15. The quantitative estimate of drug-likeness (QED) is 0.745. The fraction of sp³-hybridized carbons (Fsp3) is 0.381. The van der Waals surface area contributed by atoms with Gasteiger partial charge in [0.1, 0.15) is 0 Å². The van der Waals surface area contributed by atoms with Crippen LogP contribution in [0, 0.1) is 0 Å². The Balaban J connectivity index is 1.91. The molecule has 0 bridgehead atoms. The minimum Gasteiger partial charge on any atom is -0.493 e. The van der Waals surface area contributed by atoms with Gasteiger partial charge in [-0.05, 0) is 35.6 Å². The van der Waals surface area contributed by atoms with Crippen LogP contribution in [0.4, 0.5) is 0 Å². The molecular formula is C21H27NO4. The van der Waals surface area contributed by atoms with Crippen LogP contribution in [0.5, 0.6) is 17.2 Å². The van der Waals surface area contributed by atoms with Gasteiger partial charge in [-0.3, -0.25) is 4.79 Å². The summed E-state index contributed by atoms with van der Waals surface area (Å²) in [5.41, 5.74) is 2.18. The number of benzene rings is 2. The van der Waals surface area contributed by atoms with E-state index in [9.17, 15) is 4.79 Å². The number of carbonyl (C=O) groups excluding carboxylic acids is 1. The van der Waals surface area contributed by atoms with Gasteiger partial charge in [0.2, 0.25) is 11.7 Å². The lowest BCUT2D eigenvalue weighted by Gasteiger charge is -2.15. The van der Waals surface area contributed by atoms with Crippen molar-refractivity contribution in [3.05, 3.63) is 53.6 Å². The van der Waals surface area contributed by atoms with E-state index in [1.165, 1.54) is 5.56 Å². The van der Waals surface area contributed by atoms with Crippen molar-refractivity contribution < 1.29 is 19.0 Å². The second kappa shape index (κ2) is 9.70. The van der Waals surface area contributed by atoms with E-state index in [1.54, 1.807) is 21.3 Å². The SMILES string of the molecule is COc1cc(CCC(=O)NC[C@H](C)c2ccccc2)cc(OC)c1OC. The van der Waals surface area contributed by atoms with Crippen LogP contribution in [0.3, 0.4) is 0 Å². The van der Waals surface area contributed by atoms with Crippen molar-refractivity contribution in [1.29, 1.82) is 0 Å². The maximum absolute atomic E-state index is 12.2. The minimum atomic E-state index is 0.0292. The second-order valence-corrected chi connectivity index (χ2v) is 6.15. The fourth-order valence-corrected chi connectivity index (χ4v) is 2.79. The van der Waals surface area contributed by atoms with E-state index in [2.05, 4.69) is 24.4 Å². The number of nitrogens with one attached hydrogen (secondary N) is 1. The highest BCUT2D eigenvalue weighted by Gasteiger charge is 2.14. The van der Waals surface area contributed by atoms with Gasteiger partial charge in [0.15, 0.2) is 11.5 Å². The Morgan fingerprint density at radius 1 is 1.00 bits per heavy atom. The van der Waals surface area contributed by atoms with Crippen LogP contribution < -0.4 is 19.5 Å². The molecule has 0 heterocycles. The molecule has 0 saturated carbocycles. The molecule has 0 saturated heterocycles. The number of hydrogen-bond acceptors (Lipinski definition) is 4. The van der Waals surface area contributed by atoms with Crippen LogP contribution >= 0.6 is 0 Å². The first-order chi connectivity index (χ1) is 12.6. The molecule has 140 valence electrons. The van der Waals surface area contributed by atoms with Crippen LogP contribution in [0.1, 0.15) is 30.4 Å². The lowest BCUT2D eigenvalue weighted by molar-refractivity contribution is -0.121. The maximum Gasteiger partial charge on any atom is 0.220 e. The Bertz CT molecular complexity index is 690. The van der Waals surface area contributed by atoms with Crippen molar-refractivity contribution in [3.63, 3.8) is 0 Å². The zero-order chi connectivity index (χ0) is 18.9. The van der Waals surface area contributed by atoms with Gasteiger partial charge >= 0.3 is 0 Å². The molecule has 1 amide bonds. The molecule has 2 aromatic carbocycles. The van der Waals surface area contributed by atoms with Gasteiger partial charge in [0.25, 0.3) is 0 Å². The molecule has 0 spiro atoms. The summed E-state index contributed by atoms with van der Waals surface area (Å²) in [7, 11) is 4.74. The van der Waals surface area contributed by atoms with Crippen molar-refractivity contribution in [2.24, 2.45) is 0 Å². The highest BCUT2D eigenvalue weighted by atomic mass is 16.5. The van der Waals surface area contributed by atoms with E-state index in [1.807, 2.05) is 30.3 Å². The van der Waals surface area contributed by atoms with Gasteiger partial charge in [-0.1, -0.05) is 37.3 Å². The van der Waals surface area contributed by atoms with Crippen molar-refractivity contribution in [1.82, 2.24) is 5.32 Å². The van der Waals surface area contributed by atoms with E-state index in [0.717, 1.165) is 5.56 Å². The third-order valence-corrected chi connectivity index (χ3v) is 4.34. The lowest BCUT2D eigenvalue weighted by atomic mass is 10.0. The molecule has 0 radical (unpaired) electrons. The molecule has 0 fully saturated rings. The number of rotatable bonds is 9. The fourth-order valence-electron chi connectivity index (χ4n) is 2.79. The summed E-state index contributed by atoms with van der Waals surface area (Å²) < 4.78 is 16.0. The van der Waals surface area contributed by atoms with Crippen molar-refractivity contribution in [3.8, 4) is 17.2 Å². The van der Waals surface area contributed by atoms with Gasteiger partial charge in [0, 0.05) is 13.0 Å².